The Kier molecular flexibility index (Phi) is 11.9. The van der Waals surface area contributed by atoms with Crippen molar-refractivity contribution in [2.24, 2.45) is 16.3 Å². The molecule has 3 aliphatic rings. The Hall–Kier alpha value is -0.531. The van der Waals surface area contributed by atoms with Gasteiger partial charge in [0, 0.05) is 0 Å². The van der Waals surface area contributed by atoms with Crippen LogP contribution in [0.5, 0.6) is 0 Å². The molecule has 2 aliphatic carbocycles. The van der Waals surface area contributed by atoms with E-state index < -0.39 is 0 Å². The molecule has 0 spiro atoms. The van der Waals surface area contributed by atoms with Gasteiger partial charge in [0.25, 0.3) is 0 Å². The molecule has 3 rings (SSSR count). The quantitative estimate of drug-likeness (QED) is 0.353. The summed E-state index contributed by atoms with van der Waals surface area (Å²) in [6.07, 6.45) is 15.3. The summed E-state index contributed by atoms with van der Waals surface area (Å²) in [5, 5.41) is 0. The monoisotopic (exact) mass is 347 g/mol. The van der Waals surface area contributed by atoms with E-state index in [9.17, 15) is 0 Å². The van der Waals surface area contributed by atoms with Crippen molar-refractivity contribution in [3.05, 3.63) is 39.2 Å². The average molecular weight is 347 g/mol. The Morgan fingerprint density at radius 3 is 2.05 bits per heavy atom. The second-order valence-corrected chi connectivity index (χ2v) is 6.67. The Balaban J connectivity index is 0. The summed E-state index contributed by atoms with van der Waals surface area (Å²) in [5.74, 6) is 1.43. The molecule has 0 saturated carbocycles. The molecule has 128 valence electrons. The van der Waals surface area contributed by atoms with Crippen molar-refractivity contribution in [2.45, 2.75) is 58.9 Å². The fraction of sp³-hybridized carbons (Fsp3) is 0.632. The van der Waals surface area contributed by atoms with E-state index in [1.54, 1.807) is 0 Å². The van der Waals surface area contributed by atoms with Crippen LogP contribution in [0, 0.1) is 26.2 Å². The molecule has 2 atom stereocenters. The number of rotatable bonds is 1. The second-order valence-electron chi connectivity index (χ2n) is 6.67. The number of ether oxygens (including phenoxy) is 1. The zero-order valence-electron chi connectivity index (χ0n) is 14.9. The standard InChI is InChI=1S/C12H19NO.C5H8.2CH3.Fe/c1-12(2,3)10-8-14-11(13-10)9-6-4-5-7-9;1-2-4-5-3-1;;;/h4,6,9-10H,5,7-8H2,1-3H3;1-2H,3-5H2;2*1H3;/q;;2*-1;+2/t9?,10-;;;;/m1..../s1. The van der Waals surface area contributed by atoms with Gasteiger partial charge in [0.2, 0.25) is 0 Å². The molecule has 1 unspecified atom stereocenters. The van der Waals surface area contributed by atoms with E-state index in [1.165, 1.54) is 32.1 Å². The predicted octanol–water partition coefficient (Wildman–Crippen LogP) is 5.42. The zero-order valence-corrected chi connectivity index (χ0v) is 16.0. The van der Waals surface area contributed by atoms with E-state index in [0.29, 0.717) is 12.0 Å². The maximum absolute atomic E-state index is 5.67. The first-order chi connectivity index (χ1) is 9.07. The molecular weight excluding hydrogens is 314 g/mol. The van der Waals surface area contributed by atoms with Crippen LogP contribution in [0.2, 0.25) is 0 Å². The van der Waals surface area contributed by atoms with Gasteiger partial charge in [-0.1, -0.05) is 45.1 Å². The van der Waals surface area contributed by atoms with Crippen molar-refractivity contribution in [3.63, 3.8) is 0 Å². The largest absolute Gasteiger partial charge is 2.00 e. The Labute approximate surface area is 149 Å². The van der Waals surface area contributed by atoms with Crippen LogP contribution in [0.3, 0.4) is 0 Å². The van der Waals surface area contributed by atoms with Crippen molar-refractivity contribution in [2.75, 3.05) is 6.61 Å². The molecule has 0 aromatic heterocycles. The molecule has 0 amide bonds. The van der Waals surface area contributed by atoms with Crippen LogP contribution in [0.1, 0.15) is 52.9 Å². The van der Waals surface area contributed by atoms with Gasteiger partial charge in [0.15, 0.2) is 5.90 Å². The van der Waals surface area contributed by atoms with Crippen LogP contribution in [0.15, 0.2) is 29.3 Å². The molecule has 1 aliphatic heterocycles. The van der Waals surface area contributed by atoms with Crippen LogP contribution in [0.25, 0.3) is 0 Å². The number of hydrogen-bond donors (Lipinski definition) is 0. The summed E-state index contributed by atoms with van der Waals surface area (Å²) >= 11 is 0. The first kappa shape index (κ1) is 23.7. The Bertz CT molecular complexity index is 373. The molecule has 0 fully saturated rings. The van der Waals surface area contributed by atoms with Gasteiger partial charge >= 0.3 is 17.1 Å². The van der Waals surface area contributed by atoms with Crippen molar-refractivity contribution in [1.29, 1.82) is 0 Å². The molecule has 0 saturated heterocycles. The minimum absolute atomic E-state index is 0. The van der Waals surface area contributed by atoms with E-state index in [0.717, 1.165) is 12.5 Å². The molecule has 2 nitrogen and oxygen atoms in total. The SMILES string of the molecule is C1=CCCC1.CC(C)(C)[C@H]1COC(C2C=CCC2)=N1.[CH3-].[CH3-].[Fe+2]. The third-order valence-electron chi connectivity index (χ3n) is 3.91. The molecule has 0 N–H and O–H groups in total. The maximum atomic E-state index is 5.67. The van der Waals surface area contributed by atoms with E-state index in [4.69, 9.17) is 4.74 Å². The second kappa shape index (κ2) is 11.1. The molecule has 22 heavy (non-hydrogen) atoms. The minimum Gasteiger partial charge on any atom is -0.478 e. The zero-order chi connectivity index (χ0) is 13.7. The van der Waals surface area contributed by atoms with Crippen molar-refractivity contribution >= 4 is 5.90 Å². The van der Waals surface area contributed by atoms with E-state index >= 15 is 0 Å². The van der Waals surface area contributed by atoms with Gasteiger partial charge in [-0.15, -0.1) is 0 Å². The summed E-state index contributed by atoms with van der Waals surface area (Å²) in [6, 6.07) is 0.339. The summed E-state index contributed by atoms with van der Waals surface area (Å²) in [7, 11) is 0. The van der Waals surface area contributed by atoms with Gasteiger partial charge < -0.3 is 19.6 Å². The van der Waals surface area contributed by atoms with Crippen LogP contribution >= 0.6 is 0 Å². The number of hydrogen-bond acceptors (Lipinski definition) is 2. The van der Waals surface area contributed by atoms with E-state index in [-0.39, 0.29) is 37.3 Å². The average Bonchev–Trinajstić information content (AvgIpc) is 3.13. The third kappa shape index (κ3) is 7.15. The molecular formula is C19H33FeNO. The number of allylic oxidation sites excluding steroid dienone is 3. The topological polar surface area (TPSA) is 21.6 Å². The van der Waals surface area contributed by atoms with Gasteiger partial charge in [0.05, 0.1) is 12.0 Å². The van der Waals surface area contributed by atoms with Crippen LogP contribution in [-0.4, -0.2) is 18.5 Å². The molecule has 0 aromatic carbocycles. The van der Waals surface area contributed by atoms with Crippen LogP contribution in [0.4, 0.5) is 0 Å². The van der Waals surface area contributed by atoms with E-state index in [1.807, 2.05) is 0 Å². The Morgan fingerprint density at radius 1 is 1.05 bits per heavy atom. The van der Waals surface area contributed by atoms with Gasteiger partial charge in [-0.05, 0) is 37.5 Å². The summed E-state index contributed by atoms with van der Waals surface area (Å²) in [6.45, 7) is 7.43. The molecule has 0 bridgehead atoms. The summed E-state index contributed by atoms with van der Waals surface area (Å²) in [4.78, 5) is 4.68. The molecule has 3 heteroatoms. The van der Waals surface area contributed by atoms with Gasteiger partial charge in [-0.25, -0.2) is 4.99 Å². The molecule has 0 radical (unpaired) electrons. The van der Waals surface area contributed by atoms with E-state index in [2.05, 4.69) is 50.1 Å². The van der Waals surface area contributed by atoms with Crippen molar-refractivity contribution in [1.82, 2.24) is 0 Å². The van der Waals surface area contributed by atoms with Crippen molar-refractivity contribution < 1.29 is 21.8 Å². The maximum Gasteiger partial charge on any atom is 2.00 e. The fourth-order valence-electron chi connectivity index (χ4n) is 2.47. The minimum atomic E-state index is 0. The Morgan fingerprint density at radius 2 is 1.68 bits per heavy atom. The smallest absolute Gasteiger partial charge is 0.478 e. The van der Waals surface area contributed by atoms with Gasteiger partial charge in [-0.3, -0.25) is 0 Å². The molecule has 0 aromatic rings. The van der Waals surface area contributed by atoms with Crippen LogP contribution in [-0.2, 0) is 21.8 Å². The predicted molar refractivity (Wildman–Crippen MR) is 94.3 cm³/mol. The first-order valence-electron chi connectivity index (χ1n) is 7.59. The number of nitrogens with zero attached hydrogens (tertiary/aromatic N) is 1. The van der Waals surface area contributed by atoms with Crippen LogP contribution < -0.4 is 0 Å². The summed E-state index contributed by atoms with van der Waals surface area (Å²) in [5.41, 5.74) is 0.226. The fourth-order valence-corrected chi connectivity index (χ4v) is 2.47. The molecule has 1 heterocycles. The summed E-state index contributed by atoms with van der Waals surface area (Å²) < 4.78 is 5.67. The van der Waals surface area contributed by atoms with Gasteiger partial charge in [0.1, 0.15) is 6.61 Å². The first-order valence-corrected chi connectivity index (χ1v) is 7.59. The van der Waals surface area contributed by atoms with Gasteiger partial charge in [-0.2, -0.15) is 0 Å². The van der Waals surface area contributed by atoms with Crippen molar-refractivity contribution in [3.8, 4) is 0 Å². The number of aliphatic imine (C=N–C) groups is 1. The third-order valence-corrected chi connectivity index (χ3v) is 3.91. The normalized spacial score (nSPS) is 25.0.